The topological polar surface area (TPSA) is 64.6 Å². The first-order valence-electron chi connectivity index (χ1n) is 11.6. The number of Topliss-reactive ketones (excluding diaryl/α,β-unsaturated/α-hetero) is 1. The number of benzene rings is 2. The minimum absolute atomic E-state index is 0.0889. The lowest BCUT2D eigenvalue weighted by molar-refractivity contribution is -0.140. The number of allylic oxidation sites excluding steroid dienone is 3. The van der Waals surface area contributed by atoms with Crippen molar-refractivity contribution in [1.29, 1.82) is 0 Å². The number of nitrogens with one attached hydrogen (secondary N) is 1. The molecule has 0 saturated carbocycles. The first-order valence-corrected chi connectivity index (χ1v) is 11.6. The highest BCUT2D eigenvalue weighted by Crippen LogP contribution is 2.43. The summed E-state index contributed by atoms with van der Waals surface area (Å²) in [6.07, 6.45) is 2.11. The van der Waals surface area contributed by atoms with E-state index >= 15 is 0 Å². The summed E-state index contributed by atoms with van der Waals surface area (Å²) < 4.78 is 11.7. The third-order valence-electron chi connectivity index (χ3n) is 5.98. The Kier molecular flexibility index (Phi) is 6.97. The number of hydrogen-bond acceptors (Lipinski definition) is 5. The maximum absolute atomic E-state index is 13.2. The Morgan fingerprint density at radius 2 is 1.88 bits per heavy atom. The Labute approximate surface area is 195 Å². The maximum Gasteiger partial charge on any atom is 0.336 e. The van der Waals surface area contributed by atoms with E-state index in [1.807, 2.05) is 75.4 Å². The molecule has 5 heteroatoms. The predicted molar refractivity (Wildman–Crippen MR) is 127 cm³/mol. The number of carbonyl (C=O) groups excluding carboxylic acids is 2. The highest BCUT2D eigenvalue weighted by molar-refractivity contribution is 6.03. The Balaban J connectivity index is 1.69. The highest BCUT2D eigenvalue weighted by atomic mass is 16.5. The van der Waals surface area contributed by atoms with Crippen LogP contribution in [-0.4, -0.2) is 18.4 Å². The molecule has 4 rings (SSSR count). The van der Waals surface area contributed by atoms with Crippen molar-refractivity contribution in [2.45, 2.75) is 52.6 Å². The molecular weight excluding hydrogens is 414 g/mol. The van der Waals surface area contributed by atoms with Crippen molar-refractivity contribution in [2.75, 3.05) is 6.61 Å². The van der Waals surface area contributed by atoms with Gasteiger partial charge in [-0.25, -0.2) is 4.79 Å². The van der Waals surface area contributed by atoms with Crippen LogP contribution < -0.4 is 10.1 Å². The Bertz CT molecular complexity index is 1100. The second-order valence-corrected chi connectivity index (χ2v) is 9.10. The predicted octanol–water partition coefficient (Wildman–Crippen LogP) is 5.43. The van der Waals surface area contributed by atoms with Crippen LogP contribution in [0.25, 0.3) is 0 Å². The summed E-state index contributed by atoms with van der Waals surface area (Å²) in [5.41, 5.74) is 4.79. The largest absolute Gasteiger partial charge is 0.489 e. The van der Waals surface area contributed by atoms with Gasteiger partial charge in [0.15, 0.2) is 5.78 Å². The zero-order chi connectivity index (χ0) is 23.4. The van der Waals surface area contributed by atoms with Gasteiger partial charge in [-0.3, -0.25) is 4.79 Å². The number of hydrogen-bond donors (Lipinski definition) is 1. The van der Waals surface area contributed by atoms with Crippen LogP contribution in [0.2, 0.25) is 0 Å². The van der Waals surface area contributed by atoms with Gasteiger partial charge in [0.05, 0.1) is 12.2 Å². The average Bonchev–Trinajstić information content (AvgIpc) is 2.81. The van der Waals surface area contributed by atoms with Gasteiger partial charge in [-0.05, 0) is 48.9 Å². The lowest BCUT2D eigenvalue weighted by Crippen LogP contribution is -2.34. The van der Waals surface area contributed by atoms with Crippen LogP contribution >= 0.6 is 0 Å². The van der Waals surface area contributed by atoms with Gasteiger partial charge in [0.2, 0.25) is 0 Å². The van der Waals surface area contributed by atoms with Crippen LogP contribution in [0.4, 0.5) is 0 Å². The van der Waals surface area contributed by atoms with Crippen LogP contribution in [0, 0.1) is 5.92 Å². The Morgan fingerprint density at radius 3 is 2.64 bits per heavy atom. The van der Waals surface area contributed by atoms with Gasteiger partial charge in [-0.2, -0.15) is 0 Å². The van der Waals surface area contributed by atoms with Gasteiger partial charge < -0.3 is 14.8 Å². The van der Waals surface area contributed by atoms with Crippen LogP contribution in [0.3, 0.4) is 0 Å². The minimum atomic E-state index is -0.464. The first-order chi connectivity index (χ1) is 15.9. The molecule has 0 saturated heterocycles. The summed E-state index contributed by atoms with van der Waals surface area (Å²) in [6.45, 7) is 6.68. The molecule has 1 heterocycles. The normalized spacial score (nSPS) is 18.2. The molecule has 2 aliphatic rings. The standard InChI is InChI=1S/C28H31NO4/c1-18(2)16-33-28(31)25-19(3)29-23-13-8-14-24(30)27(23)26(25)21-11-7-12-22(15-21)32-17-20-9-5-4-6-10-20/h4-7,9-12,15,18,26,29H,8,13-14,16-17H2,1-3H3/t26-/m1/s1. The average molecular weight is 446 g/mol. The molecule has 0 aromatic heterocycles. The monoisotopic (exact) mass is 445 g/mol. The zero-order valence-corrected chi connectivity index (χ0v) is 19.5. The summed E-state index contributed by atoms with van der Waals surface area (Å²) >= 11 is 0. The van der Waals surface area contributed by atoms with Crippen LogP contribution in [0.15, 0.2) is 77.1 Å². The molecule has 0 spiro atoms. The zero-order valence-electron chi connectivity index (χ0n) is 19.5. The van der Waals surface area contributed by atoms with Gasteiger partial charge in [-0.1, -0.05) is 56.3 Å². The fourth-order valence-corrected chi connectivity index (χ4v) is 4.43. The Hall–Kier alpha value is -3.34. The van der Waals surface area contributed by atoms with Gasteiger partial charge in [0.1, 0.15) is 12.4 Å². The summed E-state index contributed by atoms with van der Waals surface area (Å²) in [6, 6.07) is 17.7. The molecule has 2 aromatic carbocycles. The summed E-state index contributed by atoms with van der Waals surface area (Å²) in [5, 5.41) is 3.33. The van der Waals surface area contributed by atoms with Gasteiger partial charge >= 0.3 is 5.97 Å². The van der Waals surface area contributed by atoms with E-state index in [-0.39, 0.29) is 17.7 Å². The molecule has 33 heavy (non-hydrogen) atoms. The number of rotatable bonds is 7. The third-order valence-corrected chi connectivity index (χ3v) is 5.98. The summed E-state index contributed by atoms with van der Waals surface area (Å²) in [4.78, 5) is 26.2. The smallest absolute Gasteiger partial charge is 0.336 e. The van der Waals surface area contributed by atoms with E-state index < -0.39 is 5.92 Å². The molecule has 5 nitrogen and oxygen atoms in total. The number of carbonyl (C=O) groups is 2. The summed E-state index contributed by atoms with van der Waals surface area (Å²) in [5.74, 6) is 0.178. The van der Waals surface area contributed by atoms with Crippen LogP contribution in [0.1, 0.15) is 57.1 Å². The molecule has 1 aliphatic carbocycles. The molecule has 172 valence electrons. The third kappa shape index (κ3) is 5.19. The quantitative estimate of drug-likeness (QED) is 0.576. The molecule has 0 radical (unpaired) electrons. The Morgan fingerprint density at radius 1 is 1.09 bits per heavy atom. The number of ether oxygens (including phenoxy) is 2. The molecule has 2 aromatic rings. The van der Waals surface area contributed by atoms with E-state index in [1.165, 1.54) is 0 Å². The molecule has 0 amide bonds. The fourth-order valence-electron chi connectivity index (χ4n) is 4.43. The van der Waals surface area contributed by atoms with Crippen molar-refractivity contribution < 1.29 is 19.1 Å². The van der Waals surface area contributed by atoms with Gasteiger partial charge in [0, 0.05) is 29.3 Å². The molecule has 0 unspecified atom stereocenters. The van der Waals surface area contributed by atoms with Crippen molar-refractivity contribution in [3.05, 3.63) is 88.3 Å². The number of dihydropyridines is 1. The van der Waals surface area contributed by atoms with E-state index in [2.05, 4.69) is 5.32 Å². The summed E-state index contributed by atoms with van der Waals surface area (Å²) in [7, 11) is 0. The molecule has 0 fully saturated rings. The lowest BCUT2D eigenvalue weighted by Gasteiger charge is -2.34. The lowest BCUT2D eigenvalue weighted by atomic mass is 9.75. The van der Waals surface area contributed by atoms with E-state index in [1.54, 1.807) is 0 Å². The second kappa shape index (κ2) is 10.1. The van der Waals surface area contributed by atoms with Crippen molar-refractivity contribution in [2.24, 2.45) is 5.92 Å². The van der Waals surface area contributed by atoms with Crippen LogP contribution in [-0.2, 0) is 20.9 Å². The van der Waals surface area contributed by atoms with E-state index in [0.29, 0.717) is 36.5 Å². The molecular formula is C28H31NO4. The molecule has 0 bridgehead atoms. The SMILES string of the molecule is CC1=C(C(=O)OCC(C)C)[C@@H](c2cccc(OCc3ccccc3)c2)C2=C(CCCC2=O)N1. The molecule has 1 aliphatic heterocycles. The van der Waals surface area contributed by atoms with E-state index in [4.69, 9.17) is 9.47 Å². The second-order valence-electron chi connectivity index (χ2n) is 9.10. The highest BCUT2D eigenvalue weighted by Gasteiger charge is 2.39. The number of esters is 1. The van der Waals surface area contributed by atoms with E-state index in [0.717, 1.165) is 35.4 Å². The van der Waals surface area contributed by atoms with Crippen molar-refractivity contribution in [3.63, 3.8) is 0 Å². The van der Waals surface area contributed by atoms with Crippen molar-refractivity contribution in [3.8, 4) is 5.75 Å². The van der Waals surface area contributed by atoms with E-state index in [9.17, 15) is 9.59 Å². The van der Waals surface area contributed by atoms with Crippen molar-refractivity contribution in [1.82, 2.24) is 5.32 Å². The minimum Gasteiger partial charge on any atom is -0.489 e. The molecule has 1 N–H and O–H groups in total. The van der Waals surface area contributed by atoms with Crippen molar-refractivity contribution >= 4 is 11.8 Å². The first kappa shape index (κ1) is 22.8. The maximum atomic E-state index is 13.2. The van der Waals surface area contributed by atoms with Crippen LogP contribution in [0.5, 0.6) is 5.75 Å². The fraction of sp³-hybridized carbons (Fsp3) is 0.357. The van der Waals surface area contributed by atoms with Gasteiger partial charge in [-0.15, -0.1) is 0 Å². The molecule has 1 atom stereocenters. The van der Waals surface area contributed by atoms with Gasteiger partial charge in [0.25, 0.3) is 0 Å². The number of ketones is 1.